The van der Waals surface area contributed by atoms with Crippen molar-refractivity contribution in [2.45, 2.75) is 124 Å². The largest absolute Gasteiger partial charge is 0.379 e. The van der Waals surface area contributed by atoms with Gasteiger partial charge in [0.25, 0.3) is 0 Å². The number of methoxy groups -OCH3 is 2. The second-order valence-electron chi connectivity index (χ2n) is 15.9. The molecule has 2 amide bonds. The topological polar surface area (TPSA) is 112 Å². The van der Waals surface area contributed by atoms with Gasteiger partial charge >= 0.3 is 0 Å². The first kappa shape index (κ1) is 44.2. The highest BCUT2D eigenvalue weighted by atomic mass is 16.5. The first-order valence-corrected chi connectivity index (χ1v) is 19.4. The Balaban J connectivity index is 2.19. The summed E-state index contributed by atoms with van der Waals surface area (Å²) in [6.45, 7) is 19.7. The van der Waals surface area contributed by atoms with Crippen molar-refractivity contribution < 1.29 is 28.7 Å². The van der Waals surface area contributed by atoms with Gasteiger partial charge in [0, 0.05) is 78.7 Å². The van der Waals surface area contributed by atoms with E-state index in [4.69, 9.17) is 9.47 Å². The molecule has 11 heteroatoms. The average Bonchev–Trinajstić information content (AvgIpc) is 3.56. The van der Waals surface area contributed by atoms with Crippen LogP contribution < -0.4 is 5.32 Å². The maximum Gasteiger partial charge on any atom is 0.226 e. The molecule has 0 unspecified atom stereocenters. The van der Waals surface area contributed by atoms with Gasteiger partial charge in [-0.25, -0.2) is 0 Å². The van der Waals surface area contributed by atoms with E-state index in [2.05, 4.69) is 24.1 Å². The van der Waals surface area contributed by atoms with Crippen molar-refractivity contribution in [1.82, 2.24) is 24.9 Å². The predicted octanol–water partition coefficient (Wildman–Crippen LogP) is 3.98. The van der Waals surface area contributed by atoms with Crippen LogP contribution >= 0.6 is 0 Å². The Morgan fingerprint density at radius 3 is 2.02 bits per heavy atom. The number of hydrogen-bond acceptors (Lipinski definition) is 9. The average molecular weight is 708 g/mol. The SMILES string of the molecule is CC[C@H](C)[C@@H]([C@@H](CC(=O)N1CCC[C@H]1[C@H](OC)[C@@H](C)C(=O)CCCN1CCNCC1)OC)N(C)C(=O)[C@@H](CC(=O)[C@H](C(C)C)N(C)C)C(C)C. The Hall–Kier alpha value is -1.92. The van der Waals surface area contributed by atoms with E-state index in [1.807, 2.05) is 58.5 Å². The Labute approximate surface area is 304 Å². The molecule has 0 aliphatic carbocycles. The standard InChI is InChI=1S/C39H73N5O6/c1-13-28(6)37(42(10)39(48)30(26(2)3)24-33(46)36(27(4)5)41(8)9)34(49-11)25-35(47)44-21-14-16-31(44)38(50-12)29(7)32(45)17-15-20-43-22-18-40-19-23-43/h26-31,34,36-38,40H,13-25H2,1-12H3/t28-,29-,30-,31-,34+,36-,37-,38+/m0/s1. The summed E-state index contributed by atoms with van der Waals surface area (Å²) in [6.07, 6.45) is 3.12. The zero-order chi connectivity index (χ0) is 37.7. The van der Waals surface area contributed by atoms with Crippen molar-refractivity contribution in [2.75, 3.05) is 74.6 Å². The molecule has 2 heterocycles. The number of ketones is 2. The molecule has 0 saturated carbocycles. The zero-order valence-electron chi connectivity index (χ0n) is 33.7. The van der Waals surface area contributed by atoms with Gasteiger partial charge in [-0.05, 0) is 57.7 Å². The normalized spacial score (nSPS) is 21.6. The highest BCUT2D eigenvalue weighted by molar-refractivity contribution is 5.90. The summed E-state index contributed by atoms with van der Waals surface area (Å²) in [6, 6.07) is -0.813. The summed E-state index contributed by atoms with van der Waals surface area (Å²) in [5, 5.41) is 3.37. The number of hydrogen-bond donors (Lipinski definition) is 1. The highest BCUT2D eigenvalue weighted by Gasteiger charge is 2.43. The second kappa shape index (κ2) is 21.6. The van der Waals surface area contributed by atoms with Crippen LogP contribution in [0.3, 0.4) is 0 Å². The number of Topliss-reactive ketones (excluding diaryl/α,β-unsaturated/α-hetero) is 2. The number of nitrogens with zero attached hydrogens (tertiary/aromatic N) is 4. The van der Waals surface area contributed by atoms with E-state index >= 15 is 0 Å². The number of piperazine rings is 1. The molecule has 2 aliphatic heterocycles. The van der Waals surface area contributed by atoms with E-state index in [0.29, 0.717) is 13.0 Å². The van der Waals surface area contributed by atoms with Gasteiger partial charge in [-0.2, -0.15) is 0 Å². The van der Waals surface area contributed by atoms with Crippen LogP contribution in [-0.2, 0) is 28.7 Å². The molecular weight excluding hydrogens is 634 g/mol. The van der Waals surface area contributed by atoms with E-state index in [9.17, 15) is 19.2 Å². The number of rotatable bonds is 22. The highest BCUT2D eigenvalue weighted by Crippen LogP contribution is 2.31. The van der Waals surface area contributed by atoms with Crippen molar-refractivity contribution in [3.05, 3.63) is 0 Å². The first-order valence-electron chi connectivity index (χ1n) is 19.4. The van der Waals surface area contributed by atoms with E-state index in [1.165, 1.54) is 0 Å². The quantitative estimate of drug-likeness (QED) is 0.179. The Bertz CT molecular complexity index is 1060. The fourth-order valence-corrected chi connectivity index (χ4v) is 8.44. The van der Waals surface area contributed by atoms with Gasteiger partial charge in [0.2, 0.25) is 11.8 Å². The lowest BCUT2D eigenvalue weighted by Crippen LogP contribution is -2.54. The van der Waals surface area contributed by atoms with Crippen LogP contribution in [0, 0.1) is 29.6 Å². The molecule has 0 spiro atoms. The summed E-state index contributed by atoms with van der Waals surface area (Å²) >= 11 is 0. The third kappa shape index (κ3) is 12.1. The van der Waals surface area contributed by atoms with Crippen molar-refractivity contribution in [2.24, 2.45) is 29.6 Å². The number of likely N-dealkylation sites (N-methyl/N-ethyl adjacent to an activating group) is 2. The molecule has 2 fully saturated rings. The number of carbonyl (C=O) groups is 4. The Morgan fingerprint density at radius 2 is 1.50 bits per heavy atom. The molecular formula is C39H73N5O6. The minimum absolute atomic E-state index is 0.0350. The minimum Gasteiger partial charge on any atom is -0.379 e. The van der Waals surface area contributed by atoms with Crippen LogP contribution in [0.25, 0.3) is 0 Å². The molecule has 8 atom stereocenters. The number of nitrogens with one attached hydrogen (secondary N) is 1. The van der Waals surface area contributed by atoms with Gasteiger partial charge in [0.15, 0.2) is 5.78 Å². The van der Waals surface area contributed by atoms with E-state index in [1.54, 1.807) is 26.2 Å². The maximum absolute atomic E-state index is 14.2. The van der Waals surface area contributed by atoms with E-state index in [-0.39, 0.29) is 84.1 Å². The summed E-state index contributed by atoms with van der Waals surface area (Å²) in [5.74, 6) is -0.532. The second-order valence-corrected chi connectivity index (χ2v) is 15.9. The number of likely N-dealkylation sites (tertiary alicyclic amines) is 1. The maximum atomic E-state index is 14.2. The van der Waals surface area contributed by atoms with Crippen molar-refractivity contribution >= 4 is 23.4 Å². The third-order valence-electron chi connectivity index (χ3n) is 11.5. The number of carbonyl (C=O) groups excluding carboxylic acids is 4. The lowest BCUT2D eigenvalue weighted by Gasteiger charge is -2.41. The van der Waals surface area contributed by atoms with Crippen LogP contribution in [0.4, 0.5) is 0 Å². The lowest BCUT2D eigenvalue weighted by molar-refractivity contribution is -0.149. The monoisotopic (exact) mass is 708 g/mol. The van der Waals surface area contributed by atoms with Crippen molar-refractivity contribution in [3.8, 4) is 0 Å². The molecule has 0 bridgehead atoms. The summed E-state index contributed by atoms with van der Waals surface area (Å²) in [4.78, 5) is 63.2. The molecule has 0 radical (unpaired) electrons. The first-order chi connectivity index (χ1) is 23.6. The molecule has 1 N–H and O–H groups in total. The molecule has 290 valence electrons. The molecule has 0 aromatic heterocycles. The number of amides is 2. The van der Waals surface area contributed by atoms with Gasteiger partial charge in [-0.1, -0.05) is 54.9 Å². The molecule has 0 aromatic carbocycles. The van der Waals surface area contributed by atoms with Gasteiger partial charge in [-0.15, -0.1) is 0 Å². The Morgan fingerprint density at radius 1 is 0.860 bits per heavy atom. The molecule has 11 nitrogen and oxygen atoms in total. The summed E-state index contributed by atoms with van der Waals surface area (Å²) in [7, 11) is 8.88. The van der Waals surface area contributed by atoms with Crippen LogP contribution in [0.5, 0.6) is 0 Å². The van der Waals surface area contributed by atoms with Crippen molar-refractivity contribution in [1.29, 1.82) is 0 Å². The van der Waals surface area contributed by atoms with E-state index in [0.717, 1.165) is 58.4 Å². The fraction of sp³-hybridized carbons (Fsp3) is 0.897. The fourth-order valence-electron chi connectivity index (χ4n) is 8.44. The predicted molar refractivity (Wildman–Crippen MR) is 200 cm³/mol. The van der Waals surface area contributed by atoms with E-state index < -0.39 is 12.0 Å². The molecule has 0 aromatic rings. The third-order valence-corrected chi connectivity index (χ3v) is 11.5. The van der Waals surface area contributed by atoms with Crippen LogP contribution in [-0.4, -0.2) is 148 Å². The van der Waals surface area contributed by atoms with Crippen LogP contribution in [0.15, 0.2) is 0 Å². The zero-order valence-corrected chi connectivity index (χ0v) is 33.7. The molecule has 2 aliphatic rings. The van der Waals surface area contributed by atoms with Gasteiger partial charge < -0.3 is 29.5 Å². The van der Waals surface area contributed by atoms with Crippen LogP contribution in [0.1, 0.15) is 93.4 Å². The summed E-state index contributed by atoms with van der Waals surface area (Å²) < 4.78 is 12.0. The van der Waals surface area contributed by atoms with Gasteiger partial charge in [0.05, 0.1) is 36.8 Å². The smallest absolute Gasteiger partial charge is 0.226 e. The van der Waals surface area contributed by atoms with Gasteiger partial charge in [-0.3, -0.25) is 24.1 Å². The summed E-state index contributed by atoms with van der Waals surface area (Å²) in [5.41, 5.74) is 0. The Kier molecular flexibility index (Phi) is 19.1. The molecule has 50 heavy (non-hydrogen) atoms. The van der Waals surface area contributed by atoms with Gasteiger partial charge in [0.1, 0.15) is 5.78 Å². The minimum atomic E-state index is -0.536. The lowest BCUT2D eigenvalue weighted by atomic mass is 9.83. The molecule has 2 saturated heterocycles. The van der Waals surface area contributed by atoms with Crippen molar-refractivity contribution in [3.63, 3.8) is 0 Å². The molecule has 2 rings (SSSR count). The number of ether oxygens (including phenoxy) is 2. The van der Waals surface area contributed by atoms with Crippen LogP contribution in [0.2, 0.25) is 0 Å².